The maximum atomic E-state index is 13.5. The first-order valence-electron chi connectivity index (χ1n) is 14.8. The van der Waals surface area contributed by atoms with Crippen LogP contribution >= 0.6 is 0 Å². The van der Waals surface area contributed by atoms with E-state index in [-0.39, 0.29) is 24.6 Å². The van der Waals surface area contributed by atoms with Gasteiger partial charge in [-0.05, 0) is 65.0 Å². The number of ether oxygens (including phenoxy) is 1. The average molecular weight is 608 g/mol. The van der Waals surface area contributed by atoms with Crippen molar-refractivity contribution in [1.82, 2.24) is 15.5 Å². The number of nitrogens with zero attached hydrogens (tertiary/aromatic N) is 2. The molecule has 42 heavy (non-hydrogen) atoms. The molecule has 0 bridgehead atoms. The molecule has 1 aromatic rings. The molecule has 0 radical (unpaired) electrons. The molecule has 0 aliphatic carbocycles. The summed E-state index contributed by atoms with van der Waals surface area (Å²) in [6, 6.07) is 4.41. The third-order valence-electron chi connectivity index (χ3n) is 7.06. The van der Waals surface area contributed by atoms with E-state index < -0.39 is 52.0 Å². The highest BCUT2D eigenvalue weighted by Gasteiger charge is 2.41. The number of carbonyl (C=O) groups is 4. The van der Waals surface area contributed by atoms with E-state index in [1.54, 1.807) is 49.9 Å². The standard InChI is InChI=1S/C29H45N5O7S/c1-5-6-11-19-42(39,40)34-23-15-8-7-13-21(23)32-26(36)24(34)20-25(35)31-22(27(37)33-17-9-10-18-33)14-12-16-30-28(38)41-29(2,3)4/h7-8,13,15,22,24H,5-6,9-12,14,16-20H2,1-4H3,(H,30,38)(H,31,35)(H,32,36). The largest absolute Gasteiger partial charge is 0.444 e. The van der Waals surface area contributed by atoms with Crippen LogP contribution in [0.2, 0.25) is 0 Å². The van der Waals surface area contributed by atoms with Crippen LogP contribution in [0.1, 0.15) is 79.1 Å². The number of amides is 4. The van der Waals surface area contributed by atoms with Crippen LogP contribution in [0.5, 0.6) is 0 Å². The van der Waals surface area contributed by atoms with Crippen LogP contribution in [0.4, 0.5) is 16.2 Å². The smallest absolute Gasteiger partial charge is 0.407 e. The van der Waals surface area contributed by atoms with Gasteiger partial charge in [0.1, 0.15) is 17.7 Å². The van der Waals surface area contributed by atoms with Crippen LogP contribution in [0.3, 0.4) is 0 Å². The Hall–Kier alpha value is -3.35. The zero-order chi connectivity index (χ0) is 30.9. The number of para-hydroxylation sites is 2. The van der Waals surface area contributed by atoms with Gasteiger partial charge in [-0.1, -0.05) is 31.9 Å². The molecule has 13 heteroatoms. The molecule has 12 nitrogen and oxygen atoms in total. The molecule has 234 valence electrons. The predicted octanol–water partition coefficient (Wildman–Crippen LogP) is 3.14. The third kappa shape index (κ3) is 9.33. The number of anilines is 2. The lowest BCUT2D eigenvalue weighted by Gasteiger charge is -2.37. The number of hydrogen-bond donors (Lipinski definition) is 3. The quantitative estimate of drug-likeness (QED) is 0.291. The number of rotatable bonds is 13. The van der Waals surface area contributed by atoms with E-state index in [9.17, 15) is 27.6 Å². The molecule has 3 rings (SSSR count). The number of alkyl carbamates (subject to hydrolysis) is 1. The molecular formula is C29H45N5O7S. The molecule has 1 fully saturated rings. The second-order valence-corrected chi connectivity index (χ2v) is 13.7. The van der Waals surface area contributed by atoms with Gasteiger partial charge in [0.2, 0.25) is 27.7 Å². The van der Waals surface area contributed by atoms with Crippen molar-refractivity contribution < 1.29 is 32.3 Å². The lowest BCUT2D eigenvalue weighted by molar-refractivity contribution is -0.136. The molecule has 2 atom stereocenters. The van der Waals surface area contributed by atoms with Crippen LogP contribution in [0.15, 0.2) is 24.3 Å². The first-order valence-corrected chi connectivity index (χ1v) is 16.4. The molecule has 0 saturated carbocycles. The summed E-state index contributed by atoms with van der Waals surface area (Å²) in [5, 5.41) is 8.14. The van der Waals surface area contributed by atoms with Crippen molar-refractivity contribution in [2.75, 3.05) is 35.0 Å². The van der Waals surface area contributed by atoms with Crippen molar-refractivity contribution in [3.8, 4) is 0 Å². The minimum absolute atomic E-state index is 0.151. The maximum absolute atomic E-state index is 13.5. The summed E-state index contributed by atoms with van der Waals surface area (Å²) in [5.41, 5.74) is 0.0254. The van der Waals surface area contributed by atoms with Crippen molar-refractivity contribution >= 4 is 45.2 Å². The number of likely N-dealkylation sites (tertiary alicyclic amines) is 1. The zero-order valence-corrected chi connectivity index (χ0v) is 25.9. The number of sulfonamides is 1. The monoisotopic (exact) mass is 607 g/mol. The number of carbonyl (C=O) groups excluding carboxylic acids is 4. The molecule has 0 spiro atoms. The van der Waals surface area contributed by atoms with E-state index in [0.717, 1.165) is 30.0 Å². The van der Waals surface area contributed by atoms with Crippen molar-refractivity contribution in [2.45, 2.75) is 96.7 Å². The number of benzene rings is 1. The van der Waals surface area contributed by atoms with E-state index in [0.29, 0.717) is 37.3 Å². The highest BCUT2D eigenvalue weighted by Crippen LogP contribution is 2.35. The summed E-state index contributed by atoms with van der Waals surface area (Å²) < 4.78 is 33.3. The van der Waals surface area contributed by atoms with Gasteiger partial charge in [-0.2, -0.15) is 0 Å². The van der Waals surface area contributed by atoms with Gasteiger partial charge < -0.3 is 25.6 Å². The Kier molecular flexibility index (Phi) is 11.6. The number of nitrogens with one attached hydrogen (secondary N) is 3. The van der Waals surface area contributed by atoms with Gasteiger partial charge in [-0.25, -0.2) is 13.2 Å². The minimum atomic E-state index is -3.93. The first kappa shape index (κ1) is 33.2. The molecule has 2 heterocycles. The maximum Gasteiger partial charge on any atom is 0.407 e. The molecule has 2 unspecified atom stereocenters. The molecule has 0 aromatic heterocycles. The molecule has 4 amide bonds. The Morgan fingerprint density at radius 1 is 1.10 bits per heavy atom. The topological polar surface area (TPSA) is 154 Å². The molecule has 2 aliphatic heterocycles. The fraction of sp³-hybridized carbons (Fsp3) is 0.655. The average Bonchev–Trinajstić information content (AvgIpc) is 3.44. The Bertz CT molecular complexity index is 1220. The van der Waals surface area contributed by atoms with E-state index in [4.69, 9.17) is 4.74 Å². The molecule has 2 aliphatic rings. The van der Waals surface area contributed by atoms with Crippen LogP contribution < -0.4 is 20.3 Å². The Labute approximate surface area is 249 Å². The van der Waals surface area contributed by atoms with Crippen molar-refractivity contribution in [2.24, 2.45) is 0 Å². The fourth-order valence-electron chi connectivity index (χ4n) is 5.07. The SMILES string of the molecule is CCCCCS(=O)(=O)N1c2ccccc2NC(=O)C1CC(=O)NC(CCCNC(=O)OC(C)(C)C)C(=O)N1CCCC1. The van der Waals surface area contributed by atoms with Gasteiger partial charge in [0.15, 0.2) is 0 Å². The highest BCUT2D eigenvalue weighted by molar-refractivity contribution is 7.92. The predicted molar refractivity (Wildman–Crippen MR) is 160 cm³/mol. The third-order valence-corrected chi connectivity index (χ3v) is 8.91. The summed E-state index contributed by atoms with van der Waals surface area (Å²) in [6.07, 6.45) is 3.34. The number of fused-ring (bicyclic) bond motifs is 1. The van der Waals surface area contributed by atoms with Gasteiger partial charge in [0, 0.05) is 19.6 Å². The van der Waals surface area contributed by atoms with Crippen LogP contribution in [-0.4, -0.2) is 80.2 Å². The second-order valence-electron chi connectivity index (χ2n) is 11.8. The van der Waals surface area contributed by atoms with Gasteiger partial charge in [-0.15, -0.1) is 0 Å². The van der Waals surface area contributed by atoms with Crippen molar-refractivity contribution in [3.05, 3.63) is 24.3 Å². The van der Waals surface area contributed by atoms with Crippen molar-refractivity contribution in [1.29, 1.82) is 0 Å². The summed E-state index contributed by atoms with van der Waals surface area (Å²) in [7, 11) is -3.93. The zero-order valence-electron chi connectivity index (χ0n) is 25.1. The Morgan fingerprint density at radius 3 is 2.45 bits per heavy atom. The molecule has 3 N–H and O–H groups in total. The van der Waals surface area contributed by atoms with E-state index in [2.05, 4.69) is 16.0 Å². The van der Waals surface area contributed by atoms with Crippen LogP contribution in [-0.2, 0) is 29.1 Å². The highest BCUT2D eigenvalue weighted by atomic mass is 32.2. The van der Waals surface area contributed by atoms with Crippen LogP contribution in [0, 0.1) is 0 Å². The number of unbranched alkanes of at least 4 members (excludes halogenated alkanes) is 2. The van der Waals surface area contributed by atoms with Crippen LogP contribution in [0.25, 0.3) is 0 Å². The van der Waals surface area contributed by atoms with E-state index in [1.807, 2.05) is 6.92 Å². The van der Waals surface area contributed by atoms with Gasteiger partial charge in [0.05, 0.1) is 23.5 Å². The molecule has 1 aromatic carbocycles. The normalized spacial score (nSPS) is 17.7. The molecular weight excluding hydrogens is 562 g/mol. The number of hydrogen-bond acceptors (Lipinski definition) is 7. The lowest BCUT2D eigenvalue weighted by Crippen LogP contribution is -2.55. The summed E-state index contributed by atoms with van der Waals surface area (Å²) in [5.74, 6) is -1.60. The van der Waals surface area contributed by atoms with E-state index >= 15 is 0 Å². The van der Waals surface area contributed by atoms with Crippen molar-refractivity contribution in [3.63, 3.8) is 0 Å². The second kappa shape index (κ2) is 14.7. The Morgan fingerprint density at radius 2 is 1.79 bits per heavy atom. The van der Waals surface area contributed by atoms with Gasteiger partial charge >= 0.3 is 6.09 Å². The lowest BCUT2D eigenvalue weighted by atomic mass is 10.1. The summed E-state index contributed by atoms with van der Waals surface area (Å²) >= 11 is 0. The van der Waals surface area contributed by atoms with E-state index in [1.165, 1.54) is 0 Å². The summed E-state index contributed by atoms with van der Waals surface area (Å²) in [6.45, 7) is 8.66. The minimum Gasteiger partial charge on any atom is -0.444 e. The molecule has 1 saturated heterocycles. The first-order chi connectivity index (χ1) is 19.8. The van der Waals surface area contributed by atoms with Gasteiger partial charge in [-0.3, -0.25) is 18.7 Å². The summed E-state index contributed by atoms with van der Waals surface area (Å²) in [4.78, 5) is 53.5. The van der Waals surface area contributed by atoms with Gasteiger partial charge in [0.25, 0.3) is 0 Å². The fourth-order valence-corrected chi connectivity index (χ4v) is 6.85. The Balaban J connectivity index is 1.73.